The predicted octanol–water partition coefficient (Wildman–Crippen LogP) is 0.812. The van der Waals surface area contributed by atoms with Crippen LogP contribution in [-0.2, 0) is 28.2 Å². The first-order valence-electron chi connectivity index (χ1n) is 11.7. The van der Waals surface area contributed by atoms with Crippen molar-refractivity contribution in [1.29, 1.82) is 0 Å². The molecular weight excluding hydrogens is 457 g/mol. The molecule has 0 radical (unpaired) electrons. The molecule has 10 nitrogen and oxygen atoms in total. The third kappa shape index (κ3) is 4.26. The summed E-state index contributed by atoms with van der Waals surface area (Å²) in [6.07, 6.45) is 3.19. The highest BCUT2D eigenvalue weighted by Gasteiger charge is 2.47. The second-order valence-corrected chi connectivity index (χ2v) is 9.53. The molecule has 4 heterocycles. The van der Waals surface area contributed by atoms with Gasteiger partial charge in [-0.1, -0.05) is 12.1 Å². The summed E-state index contributed by atoms with van der Waals surface area (Å²) in [6.45, 7) is 0.383. The van der Waals surface area contributed by atoms with Gasteiger partial charge in [-0.15, -0.1) is 0 Å². The quantitative estimate of drug-likeness (QED) is 0.496. The summed E-state index contributed by atoms with van der Waals surface area (Å²) >= 11 is 0. The molecular formula is C24H26FN5O5. The van der Waals surface area contributed by atoms with Crippen LogP contribution >= 0.6 is 0 Å². The fourth-order valence-electron chi connectivity index (χ4n) is 5.26. The van der Waals surface area contributed by atoms with Gasteiger partial charge in [0.1, 0.15) is 17.7 Å². The standard InChI is InChI=1S/C24H26FN5O5/c25-15-3-1-13(2-4-15)11-26-21(34)18-19(32)22(35)30-12-14-7-9-24(10-8-14,23(30)28-18)29-20(33)16-5-6-17(31)27-16/h1-4,14,16,32H,5-12H2,(H,26,34)(H,27,31)(H,29,33)/t14?,16-,24?/m0/s1. The molecule has 2 aromatic rings. The molecule has 4 aliphatic rings. The van der Waals surface area contributed by atoms with E-state index in [1.165, 1.54) is 28.8 Å². The van der Waals surface area contributed by atoms with Crippen molar-refractivity contribution in [2.45, 2.75) is 63.2 Å². The van der Waals surface area contributed by atoms with Crippen molar-refractivity contribution in [3.63, 3.8) is 0 Å². The predicted molar refractivity (Wildman–Crippen MR) is 121 cm³/mol. The number of fused-ring (bicyclic) bond motifs is 2. The molecule has 1 aliphatic carbocycles. The molecule has 1 saturated heterocycles. The molecule has 184 valence electrons. The van der Waals surface area contributed by atoms with Crippen LogP contribution in [0, 0.1) is 11.7 Å². The van der Waals surface area contributed by atoms with E-state index in [2.05, 4.69) is 20.9 Å². The molecule has 3 amide bonds. The summed E-state index contributed by atoms with van der Waals surface area (Å²) in [4.78, 5) is 55.1. The number of nitrogens with zero attached hydrogens (tertiary/aromatic N) is 2. The zero-order valence-electron chi connectivity index (χ0n) is 19.0. The van der Waals surface area contributed by atoms with E-state index in [1.54, 1.807) is 0 Å². The molecule has 11 heteroatoms. The average molecular weight is 484 g/mol. The molecule has 1 saturated carbocycles. The van der Waals surface area contributed by atoms with Gasteiger partial charge < -0.3 is 21.1 Å². The van der Waals surface area contributed by atoms with Crippen molar-refractivity contribution in [1.82, 2.24) is 25.5 Å². The Bertz CT molecular complexity index is 1250. The maximum absolute atomic E-state index is 13.1. The van der Waals surface area contributed by atoms with Gasteiger partial charge >= 0.3 is 0 Å². The number of carbonyl (C=O) groups excluding carboxylic acids is 3. The van der Waals surface area contributed by atoms with E-state index in [4.69, 9.17) is 0 Å². The third-order valence-electron chi connectivity index (χ3n) is 7.23. The number of amides is 3. The van der Waals surface area contributed by atoms with Gasteiger partial charge in [0.2, 0.25) is 17.6 Å². The molecule has 1 atom stereocenters. The summed E-state index contributed by atoms with van der Waals surface area (Å²) in [5, 5.41) is 18.9. The number of hydrogen-bond acceptors (Lipinski definition) is 6. The van der Waals surface area contributed by atoms with E-state index in [-0.39, 0.29) is 36.5 Å². The summed E-state index contributed by atoms with van der Waals surface area (Å²) in [5.74, 6) is -2.03. The van der Waals surface area contributed by atoms with Crippen LogP contribution in [0.1, 0.15) is 60.4 Å². The van der Waals surface area contributed by atoms with Gasteiger partial charge in [0.05, 0.1) is 5.54 Å². The molecule has 2 bridgehead atoms. The largest absolute Gasteiger partial charge is 0.501 e. The number of aromatic nitrogens is 2. The van der Waals surface area contributed by atoms with Gasteiger partial charge in [0.25, 0.3) is 11.5 Å². The topological polar surface area (TPSA) is 142 Å². The van der Waals surface area contributed by atoms with Gasteiger partial charge in [-0.3, -0.25) is 23.7 Å². The van der Waals surface area contributed by atoms with E-state index in [9.17, 15) is 28.7 Å². The van der Waals surface area contributed by atoms with Crippen molar-refractivity contribution >= 4 is 17.7 Å². The van der Waals surface area contributed by atoms with Crippen LogP contribution in [0.3, 0.4) is 0 Å². The highest BCUT2D eigenvalue weighted by Crippen LogP contribution is 2.43. The Labute approximate surface area is 199 Å². The number of rotatable bonds is 5. The number of nitrogens with one attached hydrogen (secondary N) is 3. The summed E-state index contributed by atoms with van der Waals surface area (Å²) < 4.78 is 14.5. The molecule has 1 aromatic heterocycles. The highest BCUT2D eigenvalue weighted by molar-refractivity contribution is 5.95. The van der Waals surface area contributed by atoms with Crippen LogP contribution in [-0.4, -0.2) is 38.4 Å². The van der Waals surface area contributed by atoms with Crippen molar-refractivity contribution in [2.75, 3.05) is 0 Å². The molecule has 0 spiro atoms. The first kappa shape index (κ1) is 23.0. The molecule has 6 rings (SSSR count). The van der Waals surface area contributed by atoms with E-state index in [0.29, 0.717) is 31.4 Å². The Kier molecular flexibility index (Phi) is 5.78. The smallest absolute Gasteiger partial charge is 0.296 e. The van der Waals surface area contributed by atoms with E-state index in [1.807, 2.05) is 0 Å². The lowest BCUT2D eigenvalue weighted by Gasteiger charge is -2.37. The lowest BCUT2D eigenvalue weighted by atomic mass is 9.77. The average Bonchev–Trinajstić information content (AvgIpc) is 3.16. The minimum Gasteiger partial charge on any atom is -0.501 e. The van der Waals surface area contributed by atoms with Gasteiger partial charge in [0, 0.05) is 19.5 Å². The first-order chi connectivity index (χ1) is 16.8. The van der Waals surface area contributed by atoms with Crippen LogP contribution < -0.4 is 21.5 Å². The van der Waals surface area contributed by atoms with Crippen molar-refractivity contribution in [3.8, 4) is 5.75 Å². The molecule has 1 aromatic carbocycles. The minimum absolute atomic E-state index is 0.0456. The van der Waals surface area contributed by atoms with E-state index in [0.717, 1.165) is 12.8 Å². The zero-order chi connectivity index (χ0) is 24.7. The maximum Gasteiger partial charge on any atom is 0.296 e. The minimum atomic E-state index is -0.990. The van der Waals surface area contributed by atoms with Crippen LogP contribution in [0.2, 0.25) is 0 Å². The summed E-state index contributed by atoms with van der Waals surface area (Å²) in [7, 11) is 0. The lowest BCUT2D eigenvalue weighted by molar-refractivity contribution is -0.127. The fourth-order valence-corrected chi connectivity index (χ4v) is 5.26. The van der Waals surface area contributed by atoms with Crippen LogP contribution in [0.15, 0.2) is 29.1 Å². The zero-order valence-corrected chi connectivity index (χ0v) is 19.0. The Balaban J connectivity index is 1.47. The number of halogens is 1. The second kappa shape index (κ2) is 8.79. The molecule has 0 unspecified atom stereocenters. The second-order valence-electron chi connectivity index (χ2n) is 9.53. The van der Waals surface area contributed by atoms with Crippen molar-refractivity contribution in [3.05, 3.63) is 57.5 Å². The summed E-state index contributed by atoms with van der Waals surface area (Å²) in [6, 6.07) is 4.90. The number of hydrogen-bond donors (Lipinski definition) is 4. The van der Waals surface area contributed by atoms with Crippen LogP contribution in [0.5, 0.6) is 5.75 Å². The van der Waals surface area contributed by atoms with Gasteiger partial charge in [-0.2, -0.15) is 0 Å². The van der Waals surface area contributed by atoms with Crippen molar-refractivity contribution < 1.29 is 23.9 Å². The van der Waals surface area contributed by atoms with Gasteiger partial charge in [-0.05, 0) is 55.7 Å². The number of carbonyl (C=O) groups is 3. The van der Waals surface area contributed by atoms with Crippen molar-refractivity contribution in [2.24, 2.45) is 5.92 Å². The van der Waals surface area contributed by atoms with E-state index >= 15 is 0 Å². The Morgan fingerprint density at radius 1 is 1.17 bits per heavy atom. The van der Waals surface area contributed by atoms with E-state index < -0.39 is 40.3 Å². The highest BCUT2D eigenvalue weighted by atomic mass is 19.1. The fraction of sp³-hybridized carbons (Fsp3) is 0.458. The third-order valence-corrected chi connectivity index (χ3v) is 7.23. The molecule has 35 heavy (non-hydrogen) atoms. The number of benzene rings is 1. The van der Waals surface area contributed by atoms with Gasteiger partial charge in [0.15, 0.2) is 5.69 Å². The Morgan fingerprint density at radius 3 is 2.54 bits per heavy atom. The van der Waals surface area contributed by atoms with Gasteiger partial charge in [-0.25, -0.2) is 9.37 Å². The van der Waals surface area contributed by atoms with Crippen LogP contribution in [0.25, 0.3) is 0 Å². The monoisotopic (exact) mass is 483 g/mol. The molecule has 4 N–H and O–H groups in total. The number of aromatic hydroxyl groups is 1. The van der Waals surface area contributed by atoms with Crippen LogP contribution in [0.4, 0.5) is 4.39 Å². The molecule has 3 aliphatic heterocycles. The normalized spacial score (nSPS) is 24.9. The Morgan fingerprint density at radius 2 is 1.89 bits per heavy atom. The molecule has 2 fully saturated rings. The maximum atomic E-state index is 13.1. The summed E-state index contributed by atoms with van der Waals surface area (Å²) in [5.41, 5.74) is -1.51. The Hall–Kier alpha value is -3.76. The SMILES string of the molecule is O=C1CC[C@@H](C(=O)NC23CCC(CC2)Cn2c3nc(C(=O)NCc3ccc(F)cc3)c(O)c2=O)N1. The lowest BCUT2D eigenvalue weighted by Crippen LogP contribution is -2.54. The first-order valence-corrected chi connectivity index (χ1v) is 11.7.